The van der Waals surface area contributed by atoms with E-state index in [0.717, 1.165) is 29.7 Å². The first-order chi connectivity index (χ1) is 9.65. The quantitative estimate of drug-likeness (QED) is 0.940. The number of likely N-dealkylation sites (N-methyl/N-ethyl adjacent to an activating group) is 1. The number of nitrogens with one attached hydrogen (secondary N) is 1. The molecule has 1 unspecified atom stereocenters. The Kier molecular flexibility index (Phi) is 3.89. The molecule has 3 rings (SSSR count). The summed E-state index contributed by atoms with van der Waals surface area (Å²) in [5, 5.41) is 4.76. The zero-order chi connectivity index (χ0) is 14.1. The average molecular weight is 290 g/mol. The highest BCUT2D eigenvalue weighted by Gasteiger charge is 2.22. The van der Waals surface area contributed by atoms with Crippen LogP contribution in [-0.4, -0.2) is 42.1 Å². The van der Waals surface area contributed by atoms with Gasteiger partial charge in [0.15, 0.2) is 0 Å². The standard InChI is InChI=1S/C15H22N4S/c1-10-4-5-12-11(8-10)13-14(16-6-7-19(2)3)17-9-18-15(13)20-12/h9-10H,4-8H2,1-3H3,(H,16,17,18). The van der Waals surface area contributed by atoms with Crippen molar-refractivity contribution in [3.05, 3.63) is 16.8 Å². The predicted molar refractivity (Wildman–Crippen MR) is 85.6 cm³/mol. The lowest BCUT2D eigenvalue weighted by Gasteiger charge is -2.18. The second-order valence-electron chi connectivity index (χ2n) is 5.98. The maximum atomic E-state index is 4.48. The van der Waals surface area contributed by atoms with Crippen molar-refractivity contribution >= 4 is 27.4 Å². The van der Waals surface area contributed by atoms with E-state index in [1.165, 1.54) is 35.1 Å². The minimum absolute atomic E-state index is 0.773. The van der Waals surface area contributed by atoms with E-state index in [9.17, 15) is 0 Å². The molecule has 0 saturated carbocycles. The Balaban J connectivity index is 1.94. The molecule has 2 heterocycles. The van der Waals surface area contributed by atoms with Crippen molar-refractivity contribution in [2.45, 2.75) is 26.2 Å². The summed E-state index contributed by atoms with van der Waals surface area (Å²) in [5.41, 5.74) is 1.50. The number of anilines is 1. The van der Waals surface area contributed by atoms with E-state index in [2.05, 4.69) is 41.2 Å². The summed E-state index contributed by atoms with van der Waals surface area (Å²) < 4.78 is 0. The van der Waals surface area contributed by atoms with Gasteiger partial charge in [-0.3, -0.25) is 0 Å². The lowest BCUT2D eigenvalue weighted by atomic mass is 9.88. The van der Waals surface area contributed by atoms with Crippen molar-refractivity contribution in [3.63, 3.8) is 0 Å². The monoisotopic (exact) mass is 290 g/mol. The van der Waals surface area contributed by atoms with E-state index in [4.69, 9.17) is 0 Å². The van der Waals surface area contributed by atoms with Crippen molar-refractivity contribution in [1.29, 1.82) is 0 Å². The normalized spacial score (nSPS) is 18.5. The number of fused-ring (bicyclic) bond motifs is 3. The van der Waals surface area contributed by atoms with E-state index in [1.54, 1.807) is 6.33 Å². The molecule has 2 aromatic rings. The number of aromatic nitrogens is 2. The van der Waals surface area contributed by atoms with Crippen LogP contribution in [0.25, 0.3) is 10.2 Å². The fourth-order valence-electron chi connectivity index (χ4n) is 2.81. The molecule has 0 saturated heterocycles. The van der Waals surface area contributed by atoms with Crippen LogP contribution in [0.5, 0.6) is 0 Å². The Labute approximate surface area is 124 Å². The van der Waals surface area contributed by atoms with E-state index in [0.29, 0.717) is 0 Å². The average Bonchev–Trinajstić information content (AvgIpc) is 2.77. The van der Waals surface area contributed by atoms with Gasteiger partial charge in [0, 0.05) is 18.0 Å². The van der Waals surface area contributed by atoms with E-state index in [1.807, 2.05) is 11.3 Å². The largest absolute Gasteiger partial charge is 0.368 e. The Hall–Kier alpha value is -1.20. The third-order valence-corrected chi connectivity index (χ3v) is 5.14. The van der Waals surface area contributed by atoms with Gasteiger partial charge in [0.2, 0.25) is 0 Å². The first kappa shape index (κ1) is 13.8. The molecule has 4 nitrogen and oxygen atoms in total. The van der Waals surface area contributed by atoms with E-state index < -0.39 is 0 Å². The summed E-state index contributed by atoms with van der Waals surface area (Å²) in [6, 6.07) is 0. The third-order valence-electron chi connectivity index (χ3n) is 3.94. The van der Waals surface area contributed by atoms with Gasteiger partial charge < -0.3 is 10.2 Å². The van der Waals surface area contributed by atoms with Crippen molar-refractivity contribution in [1.82, 2.24) is 14.9 Å². The molecule has 0 fully saturated rings. The molecule has 0 bridgehead atoms. The SMILES string of the molecule is CC1CCc2sc3ncnc(NCCN(C)C)c3c2C1. The summed E-state index contributed by atoms with van der Waals surface area (Å²) in [7, 11) is 4.18. The minimum Gasteiger partial charge on any atom is -0.368 e. The highest BCUT2D eigenvalue weighted by atomic mass is 32.1. The number of rotatable bonds is 4. The number of hydrogen-bond donors (Lipinski definition) is 1. The molecular formula is C15H22N4S. The molecule has 108 valence electrons. The minimum atomic E-state index is 0.773. The second-order valence-corrected chi connectivity index (χ2v) is 7.07. The summed E-state index contributed by atoms with van der Waals surface area (Å²) in [6.07, 6.45) is 5.36. The van der Waals surface area contributed by atoms with Gasteiger partial charge in [0.1, 0.15) is 17.0 Å². The molecule has 0 amide bonds. The smallest absolute Gasteiger partial charge is 0.138 e. The lowest BCUT2D eigenvalue weighted by Crippen LogP contribution is -2.21. The van der Waals surface area contributed by atoms with Crippen LogP contribution in [0.15, 0.2) is 6.33 Å². The van der Waals surface area contributed by atoms with Gasteiger partial charge in [-0.1, -0.05) is 6.92 Å². The third kappa shape index (κ3) is 2.65. The van der Waals surface area contributed by atoms with Crippen molar-refractivity contribution < 1.29 is 0 Å². The highest BCUT2D eigenvalue weighted by Crippen LogP contribution is 2.39. The summed E-state index contributed by atoms with van der Waals surface area (Å²) in [5.74, 6) is 1.79. The van der Waals surface area contributed by atoms with Gasteiger partial charge in [-0.2, -0.15) is 0 Å². The molecule has 0 radical (unpaired) electrons. The van der Waals surface area contributed by atoms with Crippen LogP contribution in [0.3, 0.4) is 0 Å². The summed E-state index contributed by atoms with van der Waals surface area (Å²) in [6.45, 7) is 4.27. The number of thiophene rings is 1. The van der Waals surface area contributed by atoms with Gasteiger partial charge in [-0.05, 0) is 44.8 Å². The van der Waals surface area contributed by atoms with Crippen LogP contribution in [0.1, 0.15) is 23.8 Å². The molecular weight excluding hydrogens is 268 g/mol. The lowest BCUT2D eigenvalue weighted by molar-refractivity contribution is 0.425. The zero-order valence-electron chi connectivity index (χ0n) is 12.4. The van der Waals surface area contributed by atoms with Gasteiger partial charge >= 0.3 is 0 Å². The first-order valence-electron chi connectivity index (χ1n) is 7.29. The van der Waals surface area contributed by atoms with Crippen molar-refractivity contribution in [2.75, 3.05) is 32.5 Å². The molecule has 1 aliphatic rings. The van der Waals surface area contributed by atoms with Crippen LogP contribution >= 0.6 is 11.3 Å². The van der Waals surface area contributed by atoms with Gasteiger partial charge in [0.05, 0.1) is 5.39 Å². The van der Waals surface area contributed by atoms with Crippen molar-refractivity contribution in [3.8, 4) is 0 Å². The fourth-order valence-corrected chi connectivity index (χ4v) is 4.00. The van der Waals surface area contributed by atoms with Crippen LogP contribution in [0, 0.1) is 5.92 Å². The van der Waals surface area contributed by atoms with Crippen molar-refractivity contribution in [2.24, 2.45) is 5.92 Å². The van der Waals surface area contributed by atoms with E-state index in [-0.39, 0.29) is 0 Å². The van der Waals surface area contributed by atoms with Crippen LogP contribution < -0.4 is 5.32 Å². The maximum Gasteiger partial charge on any atom is 0.138 e. The Morgan fingerprint density at radius 2 is 2.25 bits per heavy atom. The van der Waals surface area contributed by atoms with Gasteiger partial charge in [-0.25, -0.2) is 9.97 Å². The molecule has 0 aliphatic heterocycles. The molecule has 20 heavy (non-hydrogen) atoms. The predicted octanol–water partition coefficient (Wildman–Crippen LogP) is 2.79. The summed E-state index contributed by atoms with van der Waals surface area (Å²) >= 11 is 1.85. The number of nitrogens with zero attached hydrogens (tertiary/aromatic N) is 3. The fraction of sp³-hybridized carbons (Fsp3) is 0.600. The molecule has 2 aromatic heterocycles. The van der Waals surface area contributed by atoms with Crippen LogP contribution in [-0.2, 0) is 12.8 Å². The first-order valence-corrected chi connectivity index (χ1v) is 8.10. The maximum absolute atomic E-state index is 4.48. The molecule has 5 heteroatoms. The van der Waals surface area contributed by atoms with Gasteiger partial charge in [0.25, 0.3) is 0 Å². The Morgan fingerprint density at radius 1 is 1.40 bits per heavy atom. The molecule has 0 spiro atoms. The number of aryl methyl sites for hydroxylation is 1. The molecule has 0 aromatic carbocycles. The van der Waals surface area contributed by atoms with Crippen LogP contribution in [0.4, 0.5) is 5.82 Å². The topological polar surface area (TPSA) is 41.1 Å². The van der Waals surface area contributed by atoms with E-state index >= 15 is 0 Å². The highest BCUT2D eigenvalue weighted by molar-refractivity contribution is 7.19. The zero-order valence-corrected chi connectivity index (χ0v) is 13.3. The summed E-state index contributed by atoms with van der Waals surface area (Å²) in [4.78, 5) is 13.8. The Bertz CT molecular complexity index is 605. The van der Waals surface area contributed by atoms with Gasteiger partial charge in [-0.15, -0.1) is 11.3 Å². The molecule has 1 N–H and O–H groups in total. The molecule has 1 aliphatic carbocycles. The van der Waals surface area contributed by atoms with Crippen LogP contribution in [0.2, 0.25) is 0 Å². The second kappa shape index (κ2) is 5.66. The Morgan fingerprint density at radius 3 is 3.05 bits per heavy atom. The molecule has 1 atom stereocenters. The number of hydrogen-bond acceptors (Lipinski definition) is 5.